The van der Waals surface area contributed by atoms with Crippen molar-refractivity contribution < 1.29 is 9.21 Å². The molecule has 0 saturated heterocycles. The lowest BCUT2D eigenvalue weighted by Crippen LogP contribution is -2.25. The van der Waals surface area contributed by atoms with Crippen molar-refractivity contribution in [3.8, 4) is 0 Å². The number of hydrogen-bond donors (Lipinski definition) is 1. The number of aromatic nitrogens is 2. The average Bonchev–Trinajstić information content (AvgIpc) is 3.16. The van der Waals surface area contributed by atoms with Crippen molar-refractivity contribution in [3.05, 3.63) is 71.9 Å². The second kappa shape index (κ2) is 5.85. The number of furan rings is 1. The molecule has 3 aromatic heterocycles. The van der Waals surface area contributed by atoms with Crippen LogP contribution in [-0.4, -0.2) is 21.8 Å². The van der Waals surface area contributed by atoms with E-state index in [2.05, 4.69) is 10.3 Å². The van der Waals surface area contributed by atoms with Gasteiger partial charge in [-0.15, -0.1) is 0 Å². The van der Waals surface area contributed by atoms with Gasteiger partial charge in [0, 0.05) is 36.3 Å². The van der Waals surface area contributed by atoms with Crippen LogP contribution in [0.2, 0.25) is 0 Å². The zero-order chi connectivity index (χ0) is 16.5. The Hall–Kier alpha value is -3.08. The zero-order valence-corrected chi connectivity index (χ0v) is 13.3. The first kappa shape index (κ1) is 14.5. The van der Waals surface area contributed by atoms with Gasteiger partial charge in [-0.2, -0.15) is 0 Å². The molecule has 3 heterocycles. The normalized spacial score (nSPS) is 11.2. The predicted octanol–water partition coefficient (Wildman–Crippen LogP) is 3.36. The van der Waals surface area contributed by atoms with E-state index in [9.17, 15) is 4.79 Å². The fourth-order valence-electron chi connectivity index (χ4n) is 2.88. The molecule has 0 saturated carbocycles. The molecule has 1 aromatic carbocycles. The summed E-state index contributed by atoms with van der Waals surface area (Å²) in [6.45, 7) is 2.42. The van der Waals surface area contributed by atoms with Crippen molar-refractivity contribution in [2.75, 3.05) is 6.54 Å². The van der Waals surface area contributed by atoms with Gasteiger partial charge in [-0.3, -0.25) is 4.79 Å². The molecule has 0 fully saturated rings. The first-order chi connectivity index (χ1) is 11.7. The average molecular weight is 319 g/mol. The molecule has 0 bridgehead atoms. The number of aryl methyl sites for hydroxylation is 1. The maximum Gasteiger partial charge on any atom is 0.287 e. The quantitative estimate of drug-likeness (QED) is 0.627. The number of fused-ring (bicyclic) bond motifs is 2. The third-order valence-corrected chi connectivity index (χ3v) is 4.13. The molecule has 5 heteroatoms. The van der Waals surface area contributed by atoms with Crippen molar-refractivity contribution >= 4 is 22.5 Å². The van der Waals surface area contributed by atoms with Crippen LogP contribution >= 0.6 is 0 Å². The monoisotopic (exact) mass is 319 g/mol. The molecule has 24 heavy (non-hydrogen) atoms. The number of nitrogens with zero attached hydrogens (tertiary/aromatic N) is 2. The summed E-state index contributed by atoms with van der Waals surface area (Å²) in [7, 11) is 0. The van der Waals surface area contributed by atoms with Gasteiger partial charge < -0.3 is 14.1 Å². The van der Waals surface area contributed by atoms with Crippen LogP contribution in [0.4, 0.5) is 0 Å². The highest BCUT2D eigenvalue weighted by atomic mass is 16.3. The van der Waals surface area contributed by atoms with Gasteiger partial charge in [0.25, 0.3) is 5.91 Å². The van der Waals surface area contributed by atoms with Crippen LogP contribution < -0.4 is 5.32 Å². The van der Waals surface area contributed by atoms with Crippen LogP contribution in [0.1, 0.15) is 21.8 Å². The van der Waals surface area contributed by atoms with Crippen LogP contribution in [0.5, 0.6) is 0 Å². The molecular formula is C19H17N3O2. The molecule has 0 aliphatic heterocycles. The predicted molar refractivity (Wildman–Crippen MR) is 92.2 cm³/mol. The number of para-hydroxylation sites is 1. The van der Waals surface area contributed by atoms with Crippen LogP contribution in [0.15, 0.2) is 59.3 Å². The van der Waals surface area contributed by atoms with Crippen molar-refractivity contribution in [1.29, 1.82) is 0 Å². The van der Waals surface area contributed by atoms with E-state index in [1.807, 2.05) is 66.2 Å². The van der Waals surface area contributed by atoms with Gasteiger partial charge in [0.1, 0.15) is 11.2 Å². The van der Waals surface area contributed by atoms with Gasteiger partial charge >= 0.3 is 0 Å². The number of amides is 1. The second-order valence-corrected chi connectivity index (χ2v) is 5.76. The number of benzene rings is 1. The molecule has 0 aliphatic rings. The highest BCUT2D eigenvalue weighted by Gasteiger charge is 2.16. The molecule has 5 nitrogen and oxygen atoms in total. The summed E-state index contributed by atoms with van der Waals surface area (Å²) in [6.07, 6.45) is 4.61. The van der Waals surface area contributed by atoms with E-state index in [-0.39, 0.29) is 5.91 Å². The lowest BCUT2D eigenvalue weighted by Gasteiger charge is -2.02. The Morgan fingerprint density at radius 1 is 1.21 bits per heavy atom. The Morgan fingerprint density at radius 3 is 2.88 bits per heavy atom. The number of pyridine rings is 1. The molecule has 0 aliphatic carbocycles. The Labute approximate surface area is 138 Å². The maximum absolute atomic E-state index is 12.4. The van der Waals surface area contributed by atoms with Crippen LogP contribution in [0.3, 0.4) is 0 Å². The van der Waals surface area contributed by atoms with Gasteiger partial charge in [-0.05, 0) is 25.1 Å². The zero-order valence-electron chi connectivity index (χ0n) is 13.3. The summed E-state index contributed by atoms with van der Waals surface area (Å²) in [5.74, 6) is 0.193. The largest absolute Gasteiger partial charge is 0.451 e. The Balaban J connectivity index is 1.45. The number of hydrogen-bond acceptors (Lipinski definition) is 3. The molecule has 0 spiro atoms. The summed E-state index contributed by atoms with van der Waals surface area (Å²) in [5.41, 5.74) is 3.46. The topological polar surface area (TPSA) is 59.5 Å². The van der Waals surface area contributed by atoms with E-state index in [0.717, 1.165) is 27.9 Å². The summed E-state index contributed by atoms with van der Waals surface area (Å²) < 4.78 is 7.65. The first-order valence-electron chi connectivity index (χ1n) is 7.91. The van der Waals surface area contributed by atoms with Gasteiger partial charge in [0.2, 0.25) is 0 Å². The van der Waals surface area contributed by atoms with E-state index in [4.69, 9.17) is 4.42 Å². The molecule has 4 rings (SSSR count). The summed E-state index contributed by atoms with van der Waals surface area (Å²) >= 11 is 0. The summed E-state index contributed by atoms with van der Waals surface area (Å²) in [4.78, 5) is 16.9. The number of nitrogens with one attached hydrogen (secondary N) is 1. The molecule has 120 valence electrons. The number of carbonyl (C=O) groups excluding carboxylic acids is 1. The van der Waals surface area contributed by atoms with Gasteiger partial charge in [-0.25, -0.2) is 4.98 Å². The van der Waals surface area contributed by atoms with Crippen LogP contribution in [0, 0.1) is 6.92 Å². The van der Waals surface area contributed by atoms with E-state index >= 15 is 0 Å². The molecule has 4 aromatic rings. The smallest absolute Gasteiger partial charge is 0.287 e. The Bertz CT molecular complexity index is 996. The van der Waals surface area contributed by atoms with Gasteiger partial charge in [0.05, 0.1) is 5.69 Å². The molecular weight excluding hydrogens is 302 g/mol. The van der Waals surface area contributed by atoms with Gasteiger partial charge in [-0.1, -0.05) is 24.3 Å². The third-order valence-electron chi connectivity index (χ3n) is 4.13. The van der Waals surface area contributed by atoms with Crippen LogP contribution in [0.25, 0.3) is 16.6 Å². The highest BCUT2D eigenvalue weighted by Crippen LogP contribution is 2.24. The third kappa shape index (κ3) is 2.54. The van der Waals surface area contributed by atoms with E-state index < -0.39 is 0 Å². The second-order valence-electron chi connectivity index (χ2n) is 5.76. The maximum atomic E-state index is 12.4. The number of rotatable bonds is 4. The van der Waals surface area contributed by atoms with Crippen molar-refractivity contribution in [3.63, 3.8) is 0 Å². The first-order valence-corrected chi connectivity index (χ1v) is 7.91. The summed E-state index contributed by atoms with van der Waals surface area (Å²) in [5, 5.41) is 3.89. The molecule has 0 unspecified atom stereocenters. The minimum atomic E-state index is -0.188. The van der Waals surface area contributed by atoms with E-state index in [1.165, 1.54) is 0 Å². The SMILES string of the molecule is Cc1c(C(=O)NCCc2cn3ccccc3n2)oc2ccccc12. The lowest BCUT2D eigenvalue weighted by molar-refractivity contribution is 0.0927. The van der Waals surface area contributed by atoms with E-state index in [1.54, 1.807) is 0 Å². The molecule has 1 N–H and O–H groups in total. The standard InChI is InChI=1S/C19H17N3O2/c1-13-15-6-2-3-7-16(15)24-18(13)19(23)20-10-9-14-12-22-11-5-4-8-17(22)21-14/h2-8,11-12H,9-10H2,1H3,(H,20,23). The van der Waals surface area contributed by atoms with Crippen molar-refractivity contribution in [1.82, 2.24) is 14.7 Å². The summed E-state index contributed by atoms with van der Waals surface area (Å²) in [6, 6.07) is 13.5. The minimum absolute atomic E-state index is 0.188. The fraction of sp³-hybridized carbons (Fsp3) is 0.158. The highest BCUT2D eigenvalue weighted by molar-refractivity contribution is 5.98. The Kier molecular flexibility index (Phi) is 3.54. The molecule has 0 radical (unpaired) electrons. The van der Waals surface area contributed by atoms with Crippen LogP contribution in [-0.2, 0) is 6.42 Å². The fourth-order valence-corrected chi connectivity index (χ4v) is 2.88. The van der Waals surface area contributed by atoms with Crippen molar-refractivity contribution in [2.45, 2.75) is 13.3 Å². The minimum Gasteiger partial charge on any atom is -0.451 e. The molecule has 0 atom stereocenters. The van der Waals surface area contributed by atoms with Crippen molar-refractivity contribution in [2.24, 2.45) is 0 Å². The Morgan fingerprint density at radius 2 is 2.04 bits per heavy atom. The van der Waals surface area contributed by atoms with E-state index in [0.29, 0.717) is 18.7 Å². The number of carbonyl (C=O) groups is 1. The number of imidazole rings is 1. The molecule has 1 amide bonds. The lowest BCUT2D eigenvalue weighted by atomic mass is 10.1. The van der Waals surface area contributed by atoms with Gasteiger partial charge in [0.15, 0.2) is 5.76 Å².